The van der Waals surface area contributed by atoms with Crippen molar-refractivity contribution in [2.24, 2.45) is 11.7 Å². The van der Waals surface area contributed by atoms with Crippen molar-refractivity contribution in [3.05, 3.63) is 0 Å². The first-order valence-corrected chi connectivity index (χ1v) is 6.86. The first-order chi connectivity index (χ1) is 8.52. The van der Waals surface area contributed by atoms with E-state index in [1.54, 1.807) is 4.90 Å². The van der Waals surface area contributed by atoms with Crippen molar-refractivity contribution in [2.75, 3.05) is 6.54 Å². The third-order valence-electron chi connectivity index (χ3n) is 4.12. The number of nitrogens with two attached hydrogens (primary N) is 1. The Morgan fingerprint density at radius 1 is 1.44 bits per heavy atom. The summed E-state index contributed by atoms with van der Waals surface area (Å²) in [5.74, 6) is -0.0237. The van der Waals surface area contributed by atoms with Crippen LogP contribution < -0.4 is 11.1 Å². The molecule has 3 N–H and O–H groups in total. The van der Waals surface area contributed by atoms with E-state index in [9.17, 15) is 9.59 Å². The Morgan fingerprint density at radius 2 is 2.06 bits per heavy atom. The predicted molar refractivity (Wildman–Crippen MR) is 68.5 cm³/mol. The van der Waals surface area contributed by atoms with Crippen molar-refractivity contribution in [3.63, 3.8) is 0 Å². The maximum absolute atomic E-state index is 12.2. The van der Waals surface area contributed by atoms with Crippen molar-refractivity contribution in [1.29, 1.82) is 0 Å². The van der Waals surface area contributed by atoms with Crippen molar-refractivity contribution in [3.8, 4) is 0 Å². The Labute approximate surface area is 108 Å². The molecule has 1 atom stereocenters. The van der Waals surface area contributed by atoms with Crippen LogP contribution in [0, 0.1) is 5.92 Å². The number of nitrogens with zero attached hydrogens (tertiary/aromatic N) is 1. The molecule has 2 aliphatic rings. The molecule has 0 aromatic heterocycles. The van der Waals surface area contributed by atoms with Crippen molar-refractivity contribution in [2.45, 2.75) is 57.7 Å². The zero-order valence-corrected chi connectivity index (χ0v) is 11.2. The molecular formula is C13H23N3O2. The molecule has 1 spiro atoms. The fraction of sp³-hybridized carbons (Fsp3) is 0.846. The monoisotopic (exact) mass is 253 g/mol. The Balaban J connectivity index is 2.34. The van der Waals surface area contributed by atoms with Gasteiger partial charge in [-0.1, -0.05) is 20.3 Å². The first-order valence-electron chi connectivity index (χ1n) is 6.86. The van der Waals surface area contributed by atoms with Crippen LogP contribution in [0.2, 0.25) is 0 Å². The smallest absolute Gasteiger partial charge is 0.244 e. The van der Waals surface area contributed by atoms with Gasteiger partial charge in [-0.3, -0.25) is 9.59 Å². The van der Waals surface area contributed by atoms with Gasteiger partial charge in [-0.2, -0.15) is 0 Å². The molecule has 1 saturated heterocycles. The summed E-state index contributed by atoms with van der Waals surface area (Å²) in [5.41, 5.74) is 5.06. The van der Waals surface area contributed by atoms with Gasteiger partial charge in [0.05, 0.1) is 6.54 Å². The third kappa shape index (κ3) is 2.00. The second kappa shape index (κ2) is 4.88. The van der Waals surface area contributed by atoms with Gasteiger partial charge in [-0.05, 0) is 31.6 Å². The van der Waals surface area contributed by atoms with Crippen LogP contribution in [0.4, 0.5) is 0 Å². The lowest BCUT2D eigenvalue weighted by Crippen LogP contribution is -2.58. The second-order valence-electron chi connectivity index (χ2n) is 5.74. The number of amides is 2. The van der Waals surface area contributed by atoms with Crippen molar-refractivity contribution in [1.82, 2.24) is 10.2 Å². The highest BCUT2D eigenvalue weighted by Crippen LogP contribution is 2.38. The number of nitrogens with one attached hydrogen (secondary N) is 1. The number of carbonyl (C=O) groups excluding carboxylic acids is 2. The highest BCUT2D eigenvalue weighted by molar-refractivity contribution is 5.93. The Morgan fingerprint density at radius 3 is 2.56 bits per heavy atom. The Bertz CT molecular complexity index is 348. The van der Waals surface area contributed by atoms with Gasteiger partial charge in [0, 0.05) is 0 Å². The lowest BCUT2D eigenvalue weighted by Gasteiger charge is -2.42. The molecule has 0 aromatic rings. The minimum atomic E-state index is -0.458. The van der Waals surface area contributed by atoms with Gasteiger partial charge in [0.2, 0.25) is 11.8 Å². The van der Waals surface area contributed by atoms with E-state index in [-0.39, 0.29) is 30.3 Å². The third-order valence-corrected chi connectivity index (χ3v) is 4.12. The molecule has 1 saturated carbocycles. The van der Waals surface area contributed by atoms with E-state index in [0.29, 0.717) is 0 Å². The van der Waals surface area contributed by atoms with Crippen LogP contribution in [-0.4, -0.2) is 35.0 Å². The summed E-state index contributed by atoms with van der Waals surface area (Å²) in [4.78, 5) is 26.1. The van der Waals surface area contributed by atoms with Crippen molar-refractivity contribution < 1.29 is 9.59 Å². The van der Waals surface area contributed by atoms with Gasteiger partial charge < -0.3 is 16.0 Å². The van der Waals surface area contributed by atoms with E-state index in [1.165, 1.54) is 6.42 Å². The van der Waals surface area contributed by atoms with Crippen LogP contribution >= 0.6 is 0 Å². The highest BCUT2D eigenvalue weighted by atomic mass is 16.2. The number of hydrogen-bond acceptors (Lipinski definition) is 3. The standard InChI is InChI=1S/C13H23N3O2/c1-9(2)11-12(18)15-13(6-4-3-5-7-13)16(11)10(17)8-14/h9,11H,3-8,14H2,1-2H3,(H,15,18). The number of hydrogen-bond donors (Lipinski definition) is 2. The van der Waals surface area contributed by atoms with Crippen LogP contribution in [0.15, 0.2) is 0 Å². The topological polar surface area (TPSA) is 75.4 Å². The fourth-order valence-electron chi connectivity index (χ4n) is 3.34. The minimum Gasteiger partial charge on any atom is -0.331 e. The molecule has 1 unspecified atom stereocenters. The zero-order valence-electron chi connectivity index (χ0n) is 11.2. The fourth-order valence-corrected chi connectivity index (χ4v) is 3.34. The van der Waals surface area contributed by atoms with Gasteiger partial charge >= 0.3 is 0 Å². The van der Waals surface area contributed by atoms with E-state index in [2.05, 4.69) is 5.32 Å². The quantitative estimate of drug-likeness (QED) is 0.756. The maximum atomic E-state index is 12.2. The Kier molecular flexibility index (Phi) is 3.61. The summed E-state index contributed by atoms with van der Waals surface area (Å²) in [6.07, 6.45) is 4.99. The SMILES string of the molecule is CC(C)C1C(=O)NC2(CCCCC2)N1C(=O)CN. The van der Waals surface area contributed by atoms with Crippen LogP contribution in [0.3, 0.4) is 0 Å². The molecule has 5 heteroatoms. The van der Waals surface area contributed by atoms with E-state index >= 15 is 0 Å². The molecule has 0 aromatic carbocycles. The molecule has 1 heterocycles. The molecule has 18 heavy (non-hydrogen) atoms. The van der Waals surface area contributed by atoms with Crippen LogP contribution in [0.25, 0.3) is 0 Å². The molecule has 1 aliphatic carbocycles. The average molecular weight is 253 g/mol. The van der Waals surface area contributed by atoms with Gasteiger partial charge in [0.1, 0.15) is 11.7 Å². The maximum Gasteiger partial charge on any atom is 0.244 e. The summed E-state index contributed by atoms with van der Waals surface area (Å²) in [6.45, 7) is 3.92. The summed E-state index contributed by atoms with van der Waals surface area (Å²) in [5, 5.41) is 3.08. The summed E-state index contributed by atoms with van der Waals surface area (Å²) >= 11 is 0. The molecule has 2 fully saturated rings. The van der Waals surface area contributed by atoms with Gasteiger partial charge in [-0.15, -0.1) is 0 Å². The second-order valence-corrected chi connectivity index (χ2v) is 5.74. The highest BCUT2D eigenvalue weighted by Gasteiger charge is 2.53. The number of carbonyl (C=O) groups is 2. The van der Waals surface area contributed by atoms with Gasteiger partial charge in [0.15, 0.2) is 0 Å². The normalized spacial score (nSPS) is 26.8. The summed E-state index contributed by atoms with van der Waals surface area (Å²) < 4.78 is 0. The minimum absolute atomic E-state index is 0.0197. The molecule has 5 nitrogen and oxygen atoms in total. The molecule has 0 bridgehead atoms. The number of rotatable bonds is 2. The molecule has 2 amide bonds. The van der Waals surface area contributed by atoms with Gasteiger partial charge in [-0.25, -0.2) is 0 Å². The Hall–Kier alpha value is -1.10. The average Bonchev–Trinajstić information content (AvgIpc) is 2.61. The van der Waals surface area contributed by atoms with E-state index in [4.69, 9.17) is 5.73 Å². The van der Waals surface area contributed by atoms with Crippen LogP contribution in [-0.2, 0) is 9.59 Å². The lowest BCUT2D eigenvalue weighted by molar-refractivity contribution is -0.140. The lowest BCUT2D eigenvalue weighted by atomic mass is 9.87. The molecule has 1 aliphatic heterocycles. The van der Waals surface area contributed by atoms with Crippen LogP contribution in [0.5, 0.6) is 0 Å². The van der Waals surface area contributed by atoms with Gasteiger partial charge in [0.25, 0.3) is 0 Å². The molecule has 102 valence electrons. The summed E-state index contributed by atoms with van der Waals surface area (Å²) in [6, 6.07) is -0.362. The largest absolute Gasteiger partial charge is 0.331 e. The predicted octanol–water partition coefficient (Wildman–Crippen LogP) is 0.589. The van der Waals surface area contributed by atoms with Crippen LogP contribution in [0.1, 0.15) is 46.0 Å². The molecule has 0 radical (unpaired) electrons. The van der Waals surface area contributed by atoms with E-state index in [0.717, 1.165) is 25.7 Å². The summed E-state index contributed by atoms with van der Waals surface area (Å²) in [7, 11) is 0. The zero-order chi connectivity index (χ0) is 13.3. The molecule has 2 rings (SSSR count). The van der Waals surface area contributed by atoms with E-state index in [1.807, 2.05) is 13.8 Å². The first kappa shape index (κ1) is 13.3. The van der Waals surface area contributed by atoms with Crippen molar-refractivity contribution >= 4 is 11.8 Å². The van der Waals surface area contributed by atoms with E-state index < -0.39 is 5.66 Å². The molecular weight excluding hydrogens is 230 g/mol.